The number of hydrogen-bond acceptors (Lipinski definition) is 3. The van der Waals surface area contributed by atoms with Crippen LogP contribution in [0.4, 0.5) is 4.39 Å². The Hall–Kier alpha value is -2.69. The smallest absolute Gasteiger partial charge is 0.303 e. The second-order valence-corrected chi connectivity index (χ2v) is 4.72. The van der Waals surface area contributed by atoms with Crippen molar-refractivity contribution in [3.05, 3.63) is 53.8 Å². The molecule has 1 N–H and O–H groups in total. The molecule has 0 fully saturated rings. The maximum Gasteiger partial charge on any atom is 0.303 e. The molecule has 0 aliphatic rings. The van der Waals surface area contributed by atoms with Gasteiger partial charge < -0.3 is 9.52 Å². The van der Waals surface area contributed by atoms with Crippen LogP contribution in [-0.4, -0.2) is 16.1 Å². The van der Waals surface area contributed by atoms with Gasteiger partial charge in [-0.25, -0.2) is 9.37 Å². The summed E-state index contributed by atoms with van der Waals surface area (Å²) < 4.78 is 18.5. The fourth-order valence-corrected chi connectivity index (χ4v) is 2.10. The molecule has 0 aliphatic carbocycles. The first-order valence-corrected chi connectivity index (χ1v) is 6.49. The maximum atomic E-state index is 12.9. The monoisotopic (exact) mass is 285 g/mol. The molecule has 4 nitrogen and oxygen atoms in total. The van der Waals surface area contributed by atoms with Crippen LogP contribution in [0.2, 0.25) is 0 Å². The zero-order valence-electron chi connectivity index (χ0n) is 11.0. The van der Waals surface area contributed by atoms with Crippen LogP contribution in [0.1, 0.15) is 12.0 Å². The molecule has 2 aromatic carbocycles. The van der Waals surface area contributed by atoms with E-state index in [9.17, 15) is 9.18 Å². The molecule has 0 saturated carbocycles. The van der Waals surface area contributed by atoms with Crippen molar-refractivity contribution in [2.45, 2.75) is 12.8 Å². The molecule has 0 radical (unpaired) electrons. The number of oxazole rings is 1. The summed E-state index contributed by atoms with van der Waals surface area (Å²) in [6.45, 7) is 0. The lowest BCUT2D eigenvalue weighted by atomic mass is 10.1. The molecule has 1 aromatic heterocycles. The van der Waals surface area contributed by atoms with Crippen LogP contribution < -0.4 is 0 Å². The van der Waals surface area contributed by atoms with Crippen LogP contribution in [0.25, 0.3) is 22.6 Å². The van der Waals surface area contributed by atoms with Crippen molar-refractivity contribution in [3.8, 4) is 11.5 Å². The van der Waals surface area contributed by atoms with Gasteiger partial charge in [-0.15, -0.1) is 0 Å². The number of nitrogens with zero attached hydrogens (tertiary/aromatic N) is 1. The van der Waals surface area contributed by atoms with Gasteiger partial charge in [0.25, 0.3) is 0 Å². The molecule has 0 unspecified atom stereocenters. The summed E-state index contributed by atoms with van der Waals surface area (Å²) in [6, 6.07) is 11.3. The molecule has 3 rings (SSSR count). The lowest BCUT2D eigenvalue weighted by Gasteiger charge is -1.96. The number of rotatable bonds is 4. The Morgan fingerprint density at radius 3 is 2.67 bits per heavy atom. The second kappa shape index (κ2) is 5.36. The molecular formula is C16H12FNO3. The fourth-order valence-electron chi connectivity index (χ4n) is 2.10. The minimum absolute atomic E-state index is 0.0776. The van der Waals surface area contributed by atoms with Crippen LogP contribution in [0, 0.1) is 5.82 Å². The second-order valence-electron chi connectivity index (χ2n) is 4.72. The first kappa shape index (κ1) is 13.3. The summed E-state index contributed by atoms with van der Waals surface area (Å²) in [7, 11) is 0. The third-order valence-electron chi connectivity index (χ3n) is 3.17. The normalized spacial score (nSPS) is 10.9. The molecule has 0 atom stereocenters. The molecule has 3 aromatic rings. The predicted octanol–water partition coefficient (Wildman–Crippen LogP) is 3.65. The van der Waals surface area contributed by atoms with Gasteiger partial charge in [-0.3, -0.25) is 4.79 Å². The summed E-state index contributed by atoms with van der Waals surface area (Å²) in [5.41, 5.74) is 2.87. The Morgan fingerprint density at radius 1 is 1.19 bits per heavy atom. The molecule has 0 saturated heterocycles. The van der Waals surface area contributed by atoms with Gasteiger partial charge in [0.2, 0.25) is 5.89 Å². The SMILES string of the molecule is O=C(O)CCc1ccc2oc(-c3ccc(F)cc3)nc2c1. The summed E-state index contributed by atoms with van der Waals surface area (Å²) >= 11 is 0. The highest BCUT2D eigenvalue weighted by atomic mass is 19.1. The largest absolute Gasteiger partial charge is 0.481 e. The number of fused-ring (bicyclic) bond motifs is 1. The number of halogens is 1. The number of carboxylic acid groups (broad SMARTS) is 1. The lowest BCUT2D eigenvalue weighted by molar-refractivity contribution is -0.136. The minimum Gasteiger partial charge on any atom is -0.481 e. The van der Waals surface area contributed by atoms with Gasteiger partial charge >= 0.3 is 5.97 Å². The van der Waals surface area contributed by atoms with Crippen LogP contribution in [0.3, 0.4) is 0 Å². The zero-order chi connectivity index (χ0) is 14.8. The quantitative estimate of drug-likeness (QED) is 0.794. The number of aromatic nitrogens is 1. The van der Waals surface area contributed by atoms with Crippen LogP contribution in [-0.2, 0) is 11.2 Å². The number of benzene rings is 2. The number of carbonyl (C=O) groups is 1. The van der Waals surface area contributed by atoms with Crippen molar-refractivity contribution in [2.75, 3.05) is 0 Å². The topological polar surface area (TPSA) is 63.3 Å². The Bertz CT molecular complexity index is 793. The molecule has 0 spiro atoms. The number of carboxylic acids is 1. The van der Waals surface area contributed by atoms with Crippen molar-refractivity contribution in [1.82, 2.24) is 4.98 Å². The van der Waals surface area contributed by atoms with Crippen molar-refractivity contribution in [2.24, 2.45) is 0 Å². The van der Waals surface area contributed by atoms with Gasteiger partial charge in [-0.2, -0.15) is 0 Å². The van der Waals surface area contributed by atoms with Crippen LogP contribution in [0.5, 0.6) is 0 Å². The highest BCUT2D eigenvalue weighted by Crippen LogP contribution is 2.25. The van der Waals surface area contributed by atoms with Gasteiger partial charge in [0.05, 0.1) is 0 Å². The van der Waals surface area contributed by atoms with Gasteiger partial charge in [-0.05, 0) is 48.4 Å². The number of aryl methyl sites for hydroxylation is 1. The fraction of sp³-hybridized carbons (Fsp3) is 0.125. The van der Waals surface area contributed by atoms with Crippen molar-refractivity contribution < 1.29 is 18.7 Å². The third kappa shape index (κ3) is 2.91. The molecule has 0 bridgehead atoms. The average Bonchev–Trinajstić information content (AvgIpc) is 2.88. The van der Waals surface area contributed by atoms with Crippen molar-refractivity contribution in [3.63, 3.8) is 0 Å². The van der Waals surface area contributed by atoms with E-state index in [1.807, 2.05) is 12.1 Å². The first-order chi connectivity index (χ1) is 10.1. The summed E-state index contributed by atoms with van der Waals surface area (Å²) in [6.07, 6.45) is 0.526. The summed E-state index contributed by atoms with van der Waals surface area (Å²) in [5, 5.41) is 8.70. The van der Waals surface area contributed by atoms with E-state index in [0.29, 0.717) is 29.0 Å². The molecule has 0 aliphatic heterocycles. The van der Waals surface area contributed by atoms with E-state index >= 15 is 0 Å². The molecule has 21 heavy (non-hydrogen) atoms. The van der Waals surface area contributed by atoms with E-state index in [0.717, 1.165) is 5.56 Å². The van der Waals surface area contributed by atoms with Crippen LogP contribution >= 0.6 is 0 Å². The van der Waals surface area contributed by atoms with Gasteiger partial charge in [0.1, 0.15) is 11.3 Å². The average molecular weight is 285 g/mol. The van der Waals surface area contributed by atoms with Crippen molar-refractivity contribution >= 4 is 17.1 Å². The number of hydrogen-bond donors (Lipinski definition) is 1. The highest BCUT2D eigenvalue weighted by Gasteiger charge is 2.09. The van der Waals surface area contributed by atoms with E-state index in [1.165, 1.54) is 12.1 Å². The van der Waals surface area contributed by atoms with E-state index in [4.69, 9.17) is 9.52 Å². The molecular weight excluding hydrogens is 273 g/mol. The van der Waals surface area contributed by atoms with E-state index < -0.39 is 5.97 Å². The molecule has 5 heteroatoms. The van der Waals surface area contributed by atoms with E-state index in [-0.39, 0.29) is 12.2 Å². The first-order valence-electron chi connectivity index (χ1n) is 6.49. The summed E-state index contributed by atoms with van der Waals surface area (Å²) in [4.78, 5) is 15.0. The zero-order valence-corrected chi connectivity index (χ0v) is 11.0. The Morgan fingerprint density at radius 2 is 1.95 bits per heavy atom. The lowest BCUT2D eigenvalue weighted by Crippen LogP contribution is -1.97. The minimum atomic E-state index is -0.831. The van der Waals surface area contributed by atoms with E-state index in [2.05, 4.69) is 4.98 Å². The summed E-state index contributed by atoms with van der Waals surface area (Å²) in [5.74, 6) is -0.728. The number of aliphatic carboxylic acids is 1. The van der Waals surface area contributed by atoms with Gasteiger partial charge in [0.15, 0.2) is 5.58 Å². The van der Waals surface area contributed by atoms with Gasteiger partial charge in [-0.1, -0.05) is 6.07 Å². The standard InChI is InChI=1S/C16H12FNO3/c17-12-5-3-11(4-6-12)16-18-13-9-10(2-8-15(19)20)1-7-14(13)21-16/h1,3-7,9H,2,8H2,(H,19,20). The van der Waals surface area contributed by atoms with Gasteiger partial charge in [0, 0.05) is 12.0 Å². The molecule has 106 valence electrons. The molecule has 1 heterocycles. The molecule has 0 amide bonds. The predicted molar refractivity (Wildman–Crippen MR) is 75.4 cm³/mol. The highest BCUT2D eigenvalue weighted by molar-refractivity contribution is 5.77. The Kier molecular flexibility index (Phi) is 3.39. The maximum absolute atomic E-state index is 12.9. The third-order valence-corrected chi connectivity index (χ3v) is 3.17. The Labute approximate surface area is 119 Å². The van der Waals surface area contributed by atoms with Crippen molar-refractivity contribution in [1.29, 1.82) is 0 Å². The Balaban J connectivity index is 1.92. The van der Waals surface area contributed by atoms with E-state index in [1.54, 1.807) is 18.2 Å². The van der Waals surface area contributed by atoms with Crippen LogP contribution in [0.15, 0.2) is 46.9 Å².